The number of hydrogen-bond donors (Lipinski definition) is 1. The highest BCUT2D eigenvalue weighted by atomic mass is 16.5. The number of nitrogens with zero attached hydrogens (tertiary/aromatic N) is 3. The summed E-state index contributed by atoms with van der Waals surface area (Å²) >= 11 is 0. The minimum atomic E-state index is -0.317. The van der Waals surface area contributed by atoms with Crippen LogP contribution >= 0.6 is 0 Å². The topological polar surface area (TPSA) is 99.7 Å². The maximum Gasteiger partial charge on any atom is 0.260 e. The molecule has 2 N–H and O–H groups in total. The second-order valence-corrected chi connectivity index (χ2v) is 7.82. The summed E-state index contributed by atoms with van der Waals surface area (Å²) in [5, 5.41) is 4.30. The number of benzene rings is 2. The van der Waals surface area contributed by atoms with Crippen LogP contribution in [0, 0.1) is 12.8 Å². The van der Waals surface area contributed by atoms with E-state index in [4.69, 9.17) is 15.2 Å². The van der Waals surface area contributed by atoms with Crippen molar-refractivity contribution in [2.24, 2.45) is 5.92 Å². The van der Waals surface area contributed by atoms with E-state index in [1.807, 2.05) is 43.3 Å². The fraction of sp³-hybridized carbons (Fsp3) is 0.292. The number of ketones is 1. The number of rotatable bonds is 7. The van der Waals surface area contributed by atoms with Crippen LogP contribution in [0.2, 0.25) is 0 Å². The van der Waals surface area contributed by atoms with Gasteiger partial charge in [-0.2, -0.15) is 5.10 Å². The number of aromatic nitrogens is 2. The average Bonchev–Trinajstić information content (AvgIpc) is 3.45. The molecule has 1 aromatic heterocycles. The van der Waals surface area contributed by atoms with Crippen molar-refractivity contribution in [1.29, 1.82) is 0 Å². The van der Waals surface area contributed by atoms with Gasteiger partial charge in [-0.05, 0) is 37.6 Å². The number of aryl methyl sites for hydroxylation is 1. The SMILES string of the molecule is COc1ccccc1OCC(=O)N1CCC(C(=O)c2cnn(-c3ccc(C)cc3)c2N)C1. The standard InChI is InChI=1S/C24H26N4O4/c1-16-7-9-18(10-8-16)28-24(25)19(13-26-28)23(30)17-11-12-27(14-17)22(29)15-32-21-6-4-3-5-20(21)31-2/h3-10,13,17H,11-12,14-15,25H2,1-2H3. The fourth-order valence-electron chi connectivity index (χ4n) is 3.83. The third kappa shape index (κ3) is 4.30. The van der Waals surface area contributed by atoms with Crippen LogP contribution < -0.4 is 15.2 Å². The predicted molar refractivity (Wildman–Crippen MR) is 120 cm³/mol. The Balaban J connectivity index is 1.38. The van der Waals surface area contributed by atoms with Crippen LogP contribution in [0.15, 0.2) is 54.7 Å². The number of hydrogen-bond acceptors (Lipinski definition) is 6. The van der Waals surface area contributed by atoms with E-state index in [0.717, 1.165) is 11.3 Å². The van der Waals surface area contributed by atoms with Gasteiger partial charge in [0.1, 0.15) is 5.82 Å². The Morgan fingerprint density at radius 3 is 2.56 bits per heavy atom. The molecule has 4 rings (SSSR count). The molecule has 0 spiro atoms. The number of anilines is 1. The van der Waals surface area contributed by atoms with Crippen molar-refractivity contribution < 1.29 is 19.1 Å². The van der Waals surface area contributed by atoms with Crippen molar-refractivity contribution in [3.63, 3.8) is 0 Å². The molecule has 0 aliphatic carbocycles. The van der Waals surface area contributed by atoms with Crippen LogP contribution in [0.5, 0.6) is 11.5 Å². The molecule has 1 aliphatic rings. The van der Waals surface area contributed by atoms with E-state index in [-0.39, 0.29) is 24.2 Å². The molecule has 2 aromatic carbocycles. The smallest absolute Gasteiger partial charge is 0.260 e. The number of amides is 1. The summed E-state index contributed by atoms with van der Waals surface area (Å²) in [5.41, 5.74) is 8.55. The quantitative estimate of drug-likeness (QED) is 0.574. The second kappa shape index (κ2) is 9.13. The van der Waals surface area contributed by atoms with Gasteiger partial charge in [0, 0.05) is 19.0 Å². The predicted octanol–water partition coefficient (Wildman–Crippen LogP) is 2.88. The largest absolute Gasteiger partial charge is 0.493 e. The summed E-state index contributed by atoms with van der Waals surface area (Å²) in [5.74, 6) is 0.796. The number of nitrogens with two attached hydrogens (primary N) is 1. The number of carbonyl (C=O) groups excluding carboxylic acids is 2. The van der Waals surface area contributed by atoms with Gasteiger partial charge >= 0.3 is 0 Å². The Labute approximate surface area is 186 Å². The number of likely N-dealkylation sites (tertiary alicyclic amines) is 1. The maximum atomic E-state index is 13.1. The van der Waals surface area contributed by atoms with Crippen molar-refractivity contribution in [3.05, 3.63) is 65.9 Å². The first-order valence-electron chi connectivity index (χ1n) is 10.5. The first-order valence-corrected chi connectivity index (χ1v) is 10.5. The fourth-order valence-corrected chi connectivity index (χ4v) is 3.83. The van der Waals surface area contributed by atoms with Gasteiger partial charge in [-0.15, -0.1) is 0 Å². The molecule has 0 saturated carbocycles. The van der Waals surface area contributed by atoms with Gasteiger partial charge in [-0.3, -0.25) is 9.59 Å². The molecule has 8 nitrogen and oxygen atoms in total. The molecule has 1 aliphatic heterocycles. The van der Waals surface area contributed by atoms with Crippen LogP contribution in [0.3, 0.4) is 0 Å². The third-order valence-electron chi connectivity index (χ3n) is 5.68. The van der Waals surface area contributed by atoms with E-state index >= 15 is 0 Å². The van der Waals surface area contributed by atoms with Crippen molar-refractivity contribution in [2.75, 3.05) is 32.5 Å². The minimum Gasteiger partial charge on any atom is -0.493 e. The summed E-state index contributed by atoms with van der Waals surface area (Å²) < 4.78 is 12.4. The Bertz CT molecular complexity index is 1120. The zero-order valence-corrected chi connectivity index (χ0v) is 18.2. The summed E-state index contributed by atoms with van der Waals surface area (Å²) in [6, 6.07) is 14.9. The van der Waals surface area contributed by atoms with E-state index in [0.29, 0.717) is 42.4 Å². The third-order valence-corrected chi connectivity index (χ3v) is 5.68. The van der Waals surface area contributed by atoms with Gasteiger partial charge in [0.2, 0.25) is 0 Å². The lowest BCUT2D eigenvalue weighted by molar-refractivity contribution is -0.132. The van der Waals surface area contributed by atoms with Gasteiger partial charge in [-0.1, -0.05) is 29.8 Å². The maximum absolute atomic E-state index is 13.1. The lowest BCUT2D eigenvalue weighted by Crippen LogP contribution is -2.34. The van der Waals surface area contributed by atoms with Crippen LogP contribution in [0.4, 0.5) is 5.82 Å². The molecule has 3 aromatic rings. The van der Waals surface area contributed by atoms with Gasteiger partial charge in [0.15, 0.2) is 23.9 Å². The van der Waals surface area contributed by atoms with E-state index in [9.17, 15) is 9.59 Å². The number of Topliss-reactive ketones (excluding diaryl/α,β-unsaturated/α-hetero) is 1. The molecule has 2 heterocycles. The molecule has 166 valence electrons. The molecule has 1 atom stereocenters. The highest BCUT2D eigenvalue weighted by Crippen LogP contribution is 2.27. The zero-order chi connectivity index (χ0) is 22.7. The van der Waals surface area contributed by atoms with Gasteiger partial charge in [-0.25, -0.2) is 4.68 Å². The van der Waals surface area contributed by atoms with Crippen LogP contribution in [-0.2, 0) is 4.79 Å². The monoisotopic (exact) mass is 434 g/mol. The van der Waals surface area contributed by atoms with Crippen LogP contribution in [-0.4, -0.2) is 53.2 Å². The number of nitrogen functional groups attached to an aromatic ring is 1. The Hall–Kier alpha value is -3.81. The Morgan fingerprint density at radius 1 is 1.12 bits per heavy atom. The normalized spacial score (nSPS) is 15.6. The average molecular weight is 434 g/mol. The molecule has 0 radical (unpaired) electrons. The lowest BCUT2D eigenvalue weighted by atomic mass is 9.98. The Morgan fingerprint density at radius 2 is 1.84 bits per heavy atom. The van der Waals surface area contributed by atoms with Gasteiger partial charge in [0.25, 0.3) is 5.91 Å². The summed E-state index contributed by atoms with van der Waals surface area (Å²) in [4.78, 5) is 27.3. The molecule has 1 fully saturated rings. The van der Waals surface area contributed by atoms with E-state index < -0.39 is 0 Å². The number of carbonyl (C=O) groups is 2. The number of methoxy groups -OCH3 is 1. The molecule has 8 heteroatoms. The summed E-state index contributed by atoms with van der Waals surface area (Å²) in [7, 11) is 1.55. The molecule has 1 unspecified atom stereocenters. The van der Waals surface area contributed by atoms with E-state index in [2.05, 4.69) is 5.10 Å². The molecular formula is C24H26N4O4. The van der Waals surface area contributed by atoms with E-state index in [1.165, 1.54) is 6.20 Å². The molecule has 1 amide bonds. The van der Waals surface area contributed by atoms with Crippen molar-refractivity contribution in [1.82, 2.24) is 14.7 Å². The highest BCUT2D eigenvalue weighted by molar-refractivity contribution is 6.02. The first kappa shape index (κ1) is 21.4. The van der Waals surface area contributed by atoms with Gasteiger partial charge in [0.05, 0.1) is 24.6 Å². The molecule has 0 bridgehead atoms. The van der Waals surface area contributed by atoms with Crippen LogP contribution in [0.1, 0.15) is 22.3 Å². The van der Waals surface area contributed by atoms with Crippen molar-refractivity contribution >= 4 is 17.5 Å². The molecule has 1 saturated heterocycles. The Kier molecular flexibility index (Phi) is 6.11. The van der Waals surface area contributed by atoms with E-state index in [1.54, 1.807) is 28.8 Å². The first-order chi connectivity index (χ1) is 15.5. The number of ether oxygens (including phenoxy) is 2. The lowest BCUT2D eigenvalue weighted by Gasteiger charge is -2.17. The van der Waals surface area contributed by atoms with Crippen molar-refractivity contribution in [3.8, 4) is 17.2 Å². The van der Waals surface area contributed by atoms with Crippen molar-refractivity contribution in [2.45, 2.75) is 13.3 Å². The zero-order valence-electron chi connectivity index (χ0n) is 18.2. The summed E-state index contributed by atoms with van der Waals surface area (Å²) in [6.07, 6.45) is 2.08. The minimum absolute atomic E-state index is 0.0955. The van der Waals surface area contributed by atoms with Crippen LogP contribution in [0.25, 0.3) is 5.69 Å². The highest BCUT2D eigenvalue weighted by Gasteiger charge is 2.33. The summed E-state index contributed by atoms with van der Waals surface area (Å²) in [6.45, 7) is 2.72. The molecule has 32 heavy (non-hydrogen) atoms. The molecular weight excluding hydrogens is 408 g/mol. The number of para-hydroxylation sites is 2. The van der Waals surface area contributed by atoms with Gasteiger partial charge < -0.3 is 20.1 Å². The second-order valence-electron chi connectivity index (χ2n) is 7.82.